The molecule has 1 N–H and O–H groups in total. The molecule has 0 saturated carbocycles. The average molecular weight is 641 g/mol. The number of allylic oxidation sites excluding steroid dienone is 2. The number of cyclic esters (lactones) is 1. The lowest BCUT2D eigenvalue weighted by Crippen LogP contribution is -2.38. The van der Waals surface area contributed by atoms with Gasteiger partial charge in [-0.25, -0.2) is 9.59 Å². The molecule has 2 aromatic rings. The standard InChI is InChI=1S/C33H40N2O9S/c1-5-41-31(37)23-8-10-24(11-9-23)34-33(45)44-30-25(29(39-4)22(3)26-20-43-32(38)28(26)30)12-6-21(2)7-13-27(36)42-19-16-35-14-17-40-18-15-35/h6,8-11H,5,7,12-20H2,1-4H3,(H,34,45). The monoisotopic (exact) mass is 640 g/mol. The van der Waals surface area contributed by atoms with Gasteiger partial charge in [-0.05, 0) is 75.7 Å². The maximum absolute atomic E-state index is 12.9. The number of rotatable bonds is 13. The van der Waals surface area contributed by atoms with Crippen LogP contribution >= 0.6 is 12.2 Å². The lowest BCUT2D eigenvalue weighted by atomic mass is 9.94. The lowest BCUT2D eigenvalue weighted by molar-refractivity contribution is -0.144. The summed E-state index contributed by atoms with van der Waals surface area (Å²) in [5.41, 5.74) is 4.35. The van der Waals surface area contributed by atoms with E-state index in [1.54, 1.807) is 38.3 Å². The van der Waals surface area contributed by atoms with Crippen LogP contribution in [0.3, 0.4) is 0 Å². The average Bonchev–Trinajstić information content (AvgIpc) is 3.43. The van der Waals surface area contributed by atoms with Gasteiger partial charge in [0.05, 0.1) is 32.5 Å². The highest BCUT2D eigenvalue weighted by atomic mass is 32.1. The second-order valence-electron chi connectivity index (χ2n) is 10.6. The van der Waals surface area contributed by atoms with Crippen molar-refractivity contribution in [1.82, 2.24) is 4.90 Å². The highest BCUT2D eigenvalue weighted by molar-refractivity contribution is 7.80. The van der Waals surface area contributed by atoms with E-state index in [1.165, 1.54) is 0 Å². The number of carbonyl (C=O) groups excluding carboxylic acids is 3. The van der Waals surface area contributed by atoms with E-state index in [0.717, 1.165) is 24.2 Å². The fourth-order valence-electron chi connectivity index (χ4n) is 5.13. The van der Waals surface area contributed by atoms with Crippen LogP contribution in [0.2, 0.25) is 0 Å². The van der Waals surface area contributed by atoms with Crippen molar-refractivity contribution in [3.63, 3.8) is 0 Å². The molecule has 45 heavy (non-hydrogen) atoms. The van der Waals surface area contributed by atoms with E-state index in [9.17, 15) is 14.4 Å². The number of hydrogen-bond donors (Lipinski definition) is 1. The van der Waals surface area contributed by atoms with E-state index in [0.29, 0.717) is 72.9 Å². The number of anilines is 1. The van der Waals surface area contributed by atoms with Gasteiger partial charge in [0.2, 0.25) is 0 Å². The van der Waals surface area contributed by atoms with Crippen LogP contribution in [0, 0.1) is 6.92 Å². The molecular weight excluding hydrogens is 600 g/mol. The van der Waals surface area contributed by atoms with Gasteiger partial charge in [0, 0.05) is 42.9 Å². The number of morpholine rings is 1. The molecule has 242 valence electrons. The van der Waals surface area contributed by atoms with Crippen molar-refractivity contribution in [2.45, 2.75) is 46.6 Å². The summed E-state index contributed by atoms with van der Waals surface area (Å²) in [6.45, 7) is 10.1. The van der Waals surface area contributed by atoms with Gasteiger partial charge in [-0.1, -0.05) is 11.6 Å². The van der Waals surface area contributed by atoms with Gasteiger partial charge in [0.15, 0.2) is 5.75 Å². The van der Waals surface area contributed by atoms with Crippen molar-refractivity contribution < 1.29 is 42.8 Å². The third kappa shape index (κ3) is 9.03. The molecule has 2 aliphatic rings. The minimum atomic E-state index is -0.505. The Hall–Kier alpha value is -4.00. The van der Waals surface area contributed by atoms with Crippen LogP contribution in [0.25, 0.3) is 0 Å². The molecule has 2 aliphatic heterocycles. The largest absolute Gasteiger partial charge is 0.496 e. The van der Waals surface area contributed by atoms with E-state index < -0.39 is 11.9 Å². The van der Waals surface area contributed by atoms with E-state index >= 15 is 0 Å². The van der Waals surface area contributed by atoms with Crippen molar-refractivity contribution in [1.29, 1.82) is 0 Å². The quantitative estimate of drug-likeness (QED) is 0.140. The number of methoxy groups -OCH3 is 1. The van der Waals surface area contributed by atoms with Crippen molar-refractivity contribution in [3.8, 4) is 11.5 Å². The van der Waals surface area contributed by atoms with Crippen LogP contribution in [0.1, 0.15) is 64.1 Å². The summed E-state index contributed by atoms with van der Waals surface area (Å²) in [5, 5.41) is 2.99. The number of thiocarbonyl (C=S) groups is 1. The van der Waals surface area contributed by atoms with Crippen LogP contribution in [-0.4, -0.2) is 81.2 Å². The third-order valence-electron chi connectivity index (χ3n) is 7.62. The molecule has 0 spiro atoms. The fraction of sp³-hybridized carbons (Fsp3) is 0.455. The molecule has 2 aromatic carbocycles. The normalized spacial score (nSPS) is 14.8. The number of esters is 3. The van der Waals surface area contributed by atoms with Gasteiger partial charge < -0.3 is 33.7 Å². The lowest BCUT2D eigenvalue weighted by Gasteiger charge is -2.26. The number of nitrogens with zero attached hydrogens (tertiary/aromatic N) is 1. The third-order valence-corrected chi connectivity index (χ3v) is 7.80. The van der Waals surface area contributed by atoms with E-state index in [2.05, 4.69) is 10.2 Å². The molecule has 0 radical (unpaired) electrons. The predicted octanol–water partition coefficient (Wildman–Crippen LogP) is 4.77. The Kier molecular flexibility index (Phi) is 12.3. The second-order valence-corrected chi connectivity index (χ2v) is 11.0. The Morgan fingerprint density at radius 3 is 2.51 bits per heavy atom. The van der Waals surface area contributed by atoms with Crippen LogP contribution < -0.4 is 14.8 Å². The first kappa shape index (κ1) is 33.9. The maximum atomic E-state index is 12.9. The Labute approximate surface area is 268 Å². The molecule has 0 unspecified atom stereocenters. The molecule has 0 aliphatic carbocycles. The summed E-state index contributed by atoms with van der Waals surface area (Å²) in [4.78, 5) is 39.4. The van der Waals surface area contributed by atoms with Crippen LogP contribution in [0.4, 0.5) is 5.69 Å². The van der Waals surface area contributed by atoms with E-state index in [1.807, 2.05) is 19.9 Å². The molecule has 2 heterocycles. The highest BCUT2D eigenvalue weighted by Gasteiger charge is 2.33. The summed E-state index contributed by atoms with van der Waals surface area (Å²) < 4.78 is 33.1. The minimum absolute atomic E-state index is 0.00605. The molecule has 1 fully saturated rings. The first-order valence-corrected chi connectivity index (χ1v) is 15.4. The number of benzene rings is 2. The Morgan fingerprint density at radius 1 is 1.09 bits per heavy atom. The number of ether oxygens (including phenoxy) is 6. The number of hydrogen-bond acceptors (Lipinski definition) is 11. The Balaban J connectivity index is 1.45. The smallest absolute Gasteiger partial charge is 0.342 e. The Bertz CT molecular complexity index is 1430. The fourth-order valence-corrected chi connectivity index (χ4v) is 5.33. The minimum Gasteiger partial charge on any atom is -0.496 e. The molecule has 0 amide bonds. The van der Waals surface area contributed by atoms with Crippen molar-refractivity contribution in [2.75, 3.05) is 58.5 Å². The summed E-state index contributed by atoms with van der Waals surface area (Å²) in [6, 6.07) is 6.59. The summed E-state index contributed by atoms with van der Waals surface area (Å²) >= 11 is 5.51. The topological polar surface area (TPSA) is 122 Å². The van der Waals surface area contributed by atoms with Crippen molar-refractivity contribution in [2.24, 2.45) is 0 Å². The summed E-state index contributed by atoms with van der Waals surface area (Å²) in [7, 11) is 1.56. The first-order valence-electron chi connectivity index (χ1n) is 15.0. The van der Waals surface area contributed by atoms with Crippen molar-refractivity contribution in [3.05, 3.63) is 63.7 Å². The maximum Gasteiger partial charge on any atom is 0.342 e. The van der Waals surface area contributed by atoms with Gasteiger partial charge >= 0.3 is 17.9 Å². The Morgan fingerprint density at radius 2 is 1.82 bits per heavy atom. The molecule has 0 bridgehead atoms. The van der Waals surface area contributed by atoms with Crippen LogP contribution in [0.5, 0.6) is 11.5 Å². The van der Waals surface area contributed by atoms with Crippen LogP contribution in [0.15, 0.2) is 35.9 Å². The van der Waals surface area contributed by atoms with Gasteiger partial charge in [0.1, 0.15) is 24.5 Å². The predicted molar refractivity (Wildman–Crippen MR) is 171 cm³/mol. The number of fused-ring (bicyclic) bond motifs is 1. The zero-order valence-corrected chi connectivity index (χ0v) is 27.0. The SMILES string of the molecule is CCOC(=O)c1ccc(NC(=S)Oc2c(CC=C(C)CCC(=O)OCCN3CCOCC3)c(OC)c(C)c3c2C(=O)OC3)cc1. The summed E-state index contributed by atoms with van der Waals surface area (Å²) in [6.07, 6.45) is 3.10. The van der Waals surface area contributed by atoms with Crippen LogP contribution in [-0.2, 0) is 36.8 Å². The summed E-state index contributed by atoms with van der Waals surface area (Å²) in [5.74, 6) is -0.357. The van der Waals surface area contributed by atoms with Crippen molar-refractivity contribution >= 4 is 41.0 Å². The first-order chi connectivity index (χ1) is 21.7. The van der Waals surface area contributed by atoms with E-state index in [-0.39, 0.29) is 36.5 Å². The van der Waals surface area contributed by atoms with E-state index in [4.69, 9.17) is 40.6 Å². The van der Waals surface area contributed by atoms with Gasteiger partial charge in [-0.3, -0.25) is 9.69 Å². The zero-order valence-electron chi connectivity index (χ0n) is 26.2. The van der Waals surface area contributed by atoms with Gasteiger partial charge in [-0.2, -0.15) is 0 Å². The molecule has 12 heteroatoms. The molecule has 0 atom stereocenters. The molecular formula is C33H40N2O9S. The zero-order chi connectivity index (χ0) is 32.3. The number of nitrogens with one attached hydrogen (secondary N) is 1. The highest BCUT2D eigenvalue weighted by Crippen LogP contribution is 2.43. The van der Waals surface area contributed by atoms with Gasteiger partial charge in [-0.15, -0.1) is 0 Å². The molecule has 11 nitrogen and oxygen atoms in total. The number of carbonyl (C=O) groups is 3. The van der Waals surface area contributed by atoms with Gasteiger partial charge in [0.25, 0.3) is 5.17 Å². The molecule has 0 aromatic heterocycles. The molecule has 1 saturated heterocycles. The second kappa shape index (κ2) is 16.4. The molecule has 4 rings (SSSR count).